The maximum absolute atomic E-state index is 12.5. The van der Waals surface area contributed by atoms with Gasteiger partial charge < -0.3 is 4.74 Å². The average molecular weight is 378 g/mol. The van der Waals surface area contributed by atoms with Crippen LogP contribution in [0.1, 0.15) is 18.4 Å². The monoisotopic (exact) mass is 378 g/mol. The first kappa shape index (κ1) is 18.9. The van der Waals surface area contributed by atoms with E-state index in [9.17, 15) is 8.42 Å². The summed E-state index contributed by atoms with van der Waals surface area (Å²) in [7, 11) is -0.0243. The van der Waals surface area contributed by atoms with Crippen LogP contribution in [0, 0.1) is 5.92 Å². The smallest absolute Gasteiger partial charge is 0.240 e. The summed E-state index contributed by atoms with van der Waals surface area (Å²) in [6.45, 7) is 3.24. The van der Waals surface area contributed by atoms with Gasteiger partial charge in [0.2, 0.25) is 10.0 Å². The van der Waals surface area contributed by atoms with Gasteiger partial charge in [-0.25, -0.2) is 13.1 Å². The van der Waals surface area contributed by atoms with E-state index in [4.69, 9.17) is 4.74 Å². The maximum Gasteiger partial charge on any atom is 0.240 e. The molecule has 3 rings (SSSR count). The molecule has 7 nitrogen and oxygen atoms in total. The Morgan fingerprint density at radius 1 is 1.31 bits per heavy atom. The largest absolute Gasteiger partial charge is 0.497 e. The molecule has 1 aliphatic heterocycles. The van der Waals surface area contributed by atoms with Crippen LogP contribution in [0.3, 0.4) is 0 Å². The number of benzene rings is 1. The zero-order valence-electron chi connectivity index (χ0n) is 15.3. The van der Waals surface area contributed by atoms with Gasteiger partial charge in [0.1, 0.15) is 5.75 Å². The summed E-state index contributed by atoms with van der Waals surface area (Å²) in [4.78, 5) is 2.63. The third kappa shape index (κ3) is 4.84. The number of aryl methyl sites for hydroxylation is 1. The predicted octanol–water partition coefficient (Wildman–Crippen LogP) is 1.62. The van der Waals surface area contributed by atoms with E-state index in [0.717, 1.165) is 32.5 Å². The fourth-order valence-corrected chi connectivity index (χ4v) is 4.46. The summed E-state index contributed by atoms with van der Waals surface area (Å²) < 4.78 is 34.6. The van der Waals surface area contributed by atoms with E-state index in [-0.39, 0.29) is 4.90 Å². The highest BCUT2D eigenvalue weighted by Gasteiger charge is 2.23. The molecule has 1 saturated heterocycles. The Balaban J connectivity index is 1.54. The van der Waals surface area contributed by atoms with Crippen LogP contribution in [0.15, 0.2) is 41.6 Å². The second-order valence-electron chi connectivity index (χ2n) is 6.79. The van der Waals surface area contributed by atoms with Crippen LogP contribution in [0.25, 0.3) is 0 Å². The molecule has 0 radical (unpaired) electrons. The number of hydrogen-bond acceptors (Lipinski definition) is 5. The molecule has 1 aliphatic rings. The summed E-state index contributed by atoms with van der Waals surface area (Å²) in [5, 5.41) is 4.21. The molecule has 1 fully saturated rings. The van der Waals surface area contributed by atoms with Crippen LogP contribution in [-0.4, -0.2) is 49.8 Å². The van der Waals surface area contributed by atoms with Crippen molar-refractivity contribution in [3.05, 3.63) is 42.2 Å². The Labute approximate surface area is 155 Å². The summed E-state index contributed by atoms with van der Waals surface area (Å²) in [5.74, 6) is 0.954. The van der Waals surface area contributed by atoms with E-state index in [1.165, 1.54) is 5.56 Å². The Hall–Kier alpha value is -1.90. The quantitative estimate of drug-likeness (QED) is 0.792. The molecule has 26 heavy (non-hydrogen) atoms. The molecule has 0 saturated carbocycles. The number of sulfonamides is 1. The van der Waals surface area contributed by atoms with E-state index in [1.807, 2.05) is 19.4 Å². The molecule has 2 heterocycles. The number of nitrogens with zero attached hydrogens (tertiary/aromatic N) is 3. The molecule has 0 spiro atoms. The van der Waals surface area contributed by atoms with Crippen molar-refractivity contribution < 1.29 is 13.2 Å². The number of rotatable bonds is 7. The SMILES string of the molecule is COc1ccc(S(=O)(=O)NC[C@H]2CCCN(Cc3cnn(C)c3)C2)cc1. The lowest BCUT2D eigenvalue weighted by molar-refractivity contribution is 0.169. The first-order valence-corrected chi connectivity index (χ1v) is 10.3. The van der Waals surface area contributed by atoms with Crippen molar-refractivity contribution in [3.8, 4) is 5.75 Å². The summed E-state index contributed by atoms with van der Waals surface area (Å²) in [5.41, 5.74) is 1.19. The van der Waals surface area contributed by atoms with Gasteiger partial charge in [-0.1, -0.05) is 0 Å². The molecule has 0 unspecified atom stereocenters. The summed E-state index contributed by atoms with van der Waals surface area (Å²) in [6.07, 6.45) is 6.02. The topological polar surface area (TPSA) is 76.5 Å². The van der Waals surface area contributed by atoms with Gasteiger partial charge in [-0.2, -0.15) is 5.10 Å². The fourth-order valence-electron chi connectivity index (χ4n) is 3.34. The van der Waals surface area contributed by atoms with Crippen LogP contribution in [-0.2, 0) is 23.6 Å². The molecule has 1 atom stereocenters. The Bertz CT molecular complexity index is 817. The molecule has 142 valence electrons. The molecule has 8 heteroatoms. The number of ether oxygens (including phenoxy) is 1. The van der Waals surface area contributed by atoms with Gasteiger partial charge in [-0.05, 0) is 49.6 Å². The van der Waals surface area contributed by atoms with Crippen molar-refractivity contribution >= 4 is 10.0 Å². The molecule has 0 amide bonds. The second kappa shape index (κ2) is 8.20. The van der Waals surface area contributed by atoms with Gasteiger partial charge in [-0.3, -0.25) is 9.58 Å². The third-order valence-corrected chi connectivity index (χ3v) is 6.14. The van der Waals surface area contributed by atoms with Crippen molar-refractivity contribution in [1.29, 1.82) is 0 Å². The average Bonchev–Trinajstić information content (AvgIpc) is 3.05. The summed E-state index contributed by atoms with van der Waals surface area (Å²) in [6, 6.07) is 6.45. The normalized spacial score (nSPS) is 18.8. The fraction of sp³-hybridized carbons (Fsp3) is 0.500. The summed E-state index contributed by atoms with van der Waals surface area (Å²) >= 11 is 0. The lowest BCUT2D eigenvalue weighted by Crippen LogP contribution is -2.40. The van der Waals surface area contributed by atoms with Gasteiger partial charge in [0.25, 0.3) is 0 Å². The molecule has 1 aromatic carbocycles. The van der Waals surface area contributed by atoms with Crippen LogP contribution in [0.2, 0.25) is 0 Å². The lowest BCUT2D eigenvalue weighted by atomic mass is 9.98. The van der Waals surface area contributed by atoms with Crippen molar-refractivity contribution in [2.45, 2.75) is 24.3 Å². The van der Waals surface area contributed by atoms with Gasteiger partial charge in [-0.15, -0.1) is 0 Å². The maximum atomic E-state index is 12.5. The second-order valence-corrected chi connectivity index (χ2v) is 8.56. The molecule has 0 bridgehead atoms. The van der Waals surface area contributed by atoms with Crippen LogP contribution in [0.4, 0.5) is 0 Å². The zero-order valence-corrected chi connectivity index (χ0v) is 16.1. The first-order chi connectivity index (χ1) is 12.5. The van der Waals surface area contributed by atoms with Crippen LogP contribution >= 0.6 is 0 Å². The predicted molar refractivity (Wildman–Crippen MR) is 99.4 cm³/mol. The highest BCUT2D eigenvalue weighted by atomic mass is 32.2. The molecule has 0 aliphatic carbocycles. The standard InChI is InChI=1S/C18H26N4O3S/c1-21-12-16(10-19-21)14-22-9-3-4-15(13-22)11-20-26(23,24)18-7-5-17(25-2)6-8-18/h5-8,10,12,15,20H,3-4,9,11,13-14H2,1-2H3/t15-/m1/s1. The van der Waals surface area contributed by atoms with E-state index in [0.29, 0.717) is 18.2 Å². The molecule has 1 N–H and O–H groups in total. The lowest BCUT2D eigenvalue weighted by Gasteiger charge is -2.32. The number of hydrogen-bond donors (Lipinski definition) is 1. The van der Waals surface area contributed by atoms with Crippen LogP contribution < -0.4 is 9.46 Å². The van der Waals surface area contributed by atoms with Crippen molar-refractivity contribution in [3.63, 3.8) is 0 Å². The number of nitrogens with one attached hydrogen (secondary N) is 1. The van der Waals surface area contributed by atoms with Gasteiger partial charge in [0, 0.05) is 38.4 Å². The van der Waals surface area contributed by atoms with Gasteiger partial charge in [0.05, 0.1) is 18.2 Å². The van der Waals surface area contributed by atoms with E-state index < -0.39 is 10.0 Å². The van der Waals surface area contributed by atoms with E-state index in [1.54, 1.807) is 36.1 Å². The van der Waals surface area contributed by atoms with Crippen LogP contribution in [0.5, 0.6) is 5.75 Å². The highest BCUT2D eigenvalue weighted by molar-refractivity contribution is 7.89. The Morgan fingerprint density at radius 2 is 2.08 bits per heavy atom. The zero-order chi connectivity index (χ0) is 18.6. The number of piperidine rings is 1. The molecular weight excluding hydrogens is 352 g/mol. The number of aromatic nitrogens is 2. The number of likely N-dealkylation sites (tertiary alicyclic amines) is 1. The third-order valence-electron chi connectivity index (χ3n) is 4.70. The Morgan fingerprint density at radius 3 is 2.73 bits per heavy atom. The molecule has 1 aromatic heterocycles. The minimum atomic E-state index is -3.50. The van der Waals surface area contributed by atoms with E-state index >= 15 is 0 Å². The molecular formula is C18H26N4O3S. The Kier molecular flexibility index (Phi) is 5.95. The van der Waals surface area contributed by atoms with Crippen molar-refractivity contribution in [1.82, 2.24) is 19.4 Å². The first-order valence-electron chi connectivity index (χ1n) is 8.80. The number of methoxy groups -OCH3 is 1. The minimum absolute atomic E-state index is 0.265. The van der Waals surface area contributed by atoms with Gasteiger partial charge >= 0.3 is 0 Å². The van der Waals surface area contributed by atoms with Crippen molar-refractivity contribution in [2.24, 2.45) is 13.0 Å². The molecule has 2 aromatic rings. The minimum Gasteiger partial charge on any atom is -0.497 e. The van der Waals surface area contributed by atoms with Crippen molar-refractivity contribution in [2.75, 3.05) is 26.7 Å². The highest BCUT2D eigenvalue weighted by Crippen LogP contribution is 2.19. The van der Waals surface area contributed by atoms with Gasteiger partial charge in [0.15, 0.2) is 0 Å². The van der Waals surface area contributed by atoms with E-state index in [2.05, 4.69) is 14.7 Å².